The number of carbonyl (C=O) groups is 2. The summed E-state index contributed by atoms with van der Waals surface area (Å²) < 4.78 is 7.31. The van der Waals surface area contributed by atoms with Gasteiger partial charge in [0.1, 0.15) is 18.1 Å². The zero-order valence-electron chi connectivity index (χ0n) is 20.9. The highest BCUT2D eigenvalue weighted by atomic mass is 32.1. The number of hydrogen-bond acceptors (Lipinski definition) is 6. The average molecular weight is 518 g/mol. The molecule has 0 saturated carbocycles. The average Bonchev–Trinajstić information content (AvgIpc) is 3.69. The first kappa shape index (κ1) is 25.1. The number of nitrogens with zero attached hydrogens (tertiary/aromatic N) is 4. The number of rotatable bonds is 10. The van der Waals surface area contributed by atoms with Crippen LogP contribution in [0.1, 0.15) is 34.9 Å². The molecule has 37 heavy (non-hydrogen) atoms. The van der Waals surface area contributed by atoms with Gasteiger partial charge in [-0.3, -0.25) is 9.59 Å². The molecule has 2 atom stereocenters. The highest BCUT2D eigenvalue weighted by Crippen LogP contribution is 2.27. The Labute approximate surface area is 220 Å². The summed E-state index contributed by atoms with van der Waals surface area (Å²) in [6.45, 7) is 3.62. The zero-order chi connectivity index (χ0) is 25.6. The van der Waals surface area contributed by atoms with E-state index in [1.165, 1.54) is 11.3 Å². The Bertz CT molecular complexity index is 1350. The largest absolute Gasteiger partial charge is 0.376 e. The monoisotopic (exact) mass is 517 g/mol. The first-order chi connectivity index (χ1) is 18.1. The Morgan fingerprint density at radius 3 is 2.78 bits per heavy atom. The standard InChI is InChI=1S/C28H31N5O3S/c1-20-8-2-3-9-21(20)14-15-32(26(34)19-33-24-12-5-4-11-23(24)30-31-33)27(25-13-7-17-37-25)28(35)29-18-22-10-6-16-36-22/h2-5,7-9,11-13,17,22,27H,6,10,14-16,18-19H2,1H3,(H,29,35)/t22-,27+/m0/s1. The number of hydrogen-bond donors (Lipinski definition) is 1. The number of benzene rings is 2. The van der Waals surface area contributed by atoms with Crippen LogP contribution in [0.15, 0.2) is 66.0 Å². The fraction of sp³-hybridized carbons (Fsp3) is 0.357. The molecule has 0 unspecified atom stereocenters. The maximum atomic E-state index is 13.9. The Morgan fingerprint density at radius 2 is 2.00 bits per heavy atom. The van der Waals surface area contributed by atoms with Gasteiger partial charge >= 0.3 is 0 Å². The molecule has 1 saturated heterocycles. The van der Waals surface area contributed by atoms with Gasteiger partial charge in [-0.1, -0.05) is 47.7 Å². The van der Waals surface area contributed by atoms with E-state index in [2.05, 4.69) is 34.7 Å². The molecular formula is C28H31N5O3S. The number of nitrogens with one attached hydrogen (secondary N) is 1. The molecular weight excluding hydrogens is 486 g/mol. The summed E-state index contributed by atoms with van der Waals surface area (Å²) in [7, 11) is 0. The zero-order valence-corrected chi connectivity index (χ0v) is 21.7. The minimum atomic E-state index is -0.743. The van der Waals surface area contributed by atoms with E-state index < -0.39 is 6.04 Å². The number of carbonyl (C=O) groups excluding carboxylic acids is 2. The van der Waals surface area contributed by atoms with Gasteiger partial charge in [-0.25, -0.2) is 4.68 Å². The molecule has 192 valence electrons. The van der Waals surface area contributed by atoms with Gasteiger partial charge in [-0.2, -0.15) is 0 Å². The van der Waals surface area contributed by atoms with Crippen molar-refractivity contribution < 1.29 is 14.3 Å². The normalized spacial score (nSPS) is 16.1. The van der Waals surface area contributed by atoms with Crippen LogP contribution in [0.25, 0.3) is 11.0 Å². The molecule has 5 rings (SSSR count). The van der Waals surface area contributed by atoms with Crippen LogP contribution in [0.5, 0.6) is 0 Å². The maximum Gasteiger partial charge on any atom is 0.248 e. The van der Waals surface area contributed by atoms with Crippen molar-refractivity contribution in [2.24, 2.45) is 0 Å². The lowest BCUT2D eigenvalue weighted by molar-refractivity contribution is -0.141. The third-order valence-electron chi connectivity index (χ3n) is 6.81. The minimum absolute atomic E-state index is 0.00479. The van der Waals surface area contributed by atoms with Crippen molar-refractivity contribution in [1.82, 2.24) is 25.2 Å². The van der Waals surface area contributed by atoms with E-state index in [4.69, 9.17) is 4.74 Å². The van der Waals surface area contributed by atoms with Crippen LogP contribution in [0.2, 0.25) is 0 Å². The van der Waals surface area contributed by atoms with Gasteiger partial charge in [-0.05, 0) is 60.9 Å². The van der Waals surface area contributed by atoms with E-state index in [9.17, 15) is 9.59 Å². The van der Waals surface area contributed by atoms with Crippen LogP contribution < -0.4 is 5.32 Å². The van der Waals surface area contributed by atoms with Gasteiger partial charge in [0.25, 0.3) is 0 Å². The van der Waals surface area contributed by atoms with Crippen molar-refractivity contribution in [3.05, 3.63) is 82.0 Å². The number of para-hydroxylation sites is 1. The highest BCUT2D eigenvalue weighted by molar-refractivity contribution is 7.10. The van der Waals surface area contributed by atoms with E-state index in [1.54, 1.807) is 9.58 Å². The van der Waals surface area contributed by atoms with Gasteiger partial charge in [0, 0.05) is 24.6 Å². The Kier molecular flexibility index (Phi) is 7.91. The molecule has 0 bridgehead atoms. The summed E-state index contributed by atoms with van der Waals surface area (Å²) in [5.74, 6) is -0.380. The molecule has 1 aliphatic heterocycles. The van der Waals surface area contributed by atoms with Crippen molar-refractivity contribution in [3.8, 4) is 0 Å². The highest BCUT2D eigenvalue weighted by Gasteiger charge is 2.33. The quantitative estimate of drug-likeness (QED) is 0.345. The topological polar surface area (TPSA) is 89.4 Å². The van der Waals surface area contributed by atoms with Crippen LogP contribution in [0.4, 0.5) is 0 Å². The summed E-state index contributed by atoms with van der Waals surface area (Å²) in [5.41, 5.74) is 3.82. The molecule has 3 heterocycles. The summed E-state index contributed by atoms with van der Waals surface area (Å²) >= 11 is 1.48. The lowest BCUT2D eigenvalue weighted by Gasteiger charge is -2.31. The maximum absolute atomic E-state index is 13.9. The Morgan fingerprint density at radius 1 is 1.16 bits per heavy atom. The number of thiophene rings is 1. The lowest BCUT2D eigenvalue weighted by Crippen LogP contribution is -2.46. The number of amides is 2. The van der Waals surface area contributed by atoms with Crippen molar-refractivity contribution in [2.45, 2.75) is 44.9 Å². The molecule has 1 N–H and O–H groups in total. The van der Waals surface area contributed by atoms with Gasteiger partial charge in [0.2, 0.25) is 11.8 Å². The number of fused-ring (bicyclic) bond motifs is 1. The first-order valence-corrected chi connectivity index (χ1v) is 13.5. The fourth-order valence-electron chi connectivity index (χ4n) is 4.77. The van der Waals surface area contributed by atoms with Crippen LogP contribution in [0.3, 0.4) is 0 Å². The Hall–Kier alpha value is -3.56. The van der Waals surface area contributed by atoms with Gasteiger partial charge in [0.15, 0.2) is 0 Å². The molecule has 0 radical (unpaired) electrons. The van der Waals surface area contributed by atoms with Gasteiger partial charge in [0.05, 0.1) is 11.6 Å². The molecule has 2 aromatic heterocycles. The smallest absolute Gasteiger partial charge is 0.248 e. The second-order valence-corrected chi connectivity index (χ2v) is 10.3. The van der Waals surface area contributed by atoms with Gasteiger partial charge < -0.3 is 15.0 Å². The van der Waals surface area contributed by atoms with Crippen LogP contribution in [0, 0.1) is 6.92 Å². The van der Waals surface area contributed by atoms with Crippen molar-refractivity contribution in [2.75, 3.05) is 19.7 Å². The van der Waals surface area contributed by atoms with Crippen LogP contribution >= 0.6 is 11.3 Å². The fourth-order valence-corrected chi connectivity index (χ4v) is 5.60. The summed E-state index contributed by atoms with van der Waals surface area (Å²) in [6, 6.07) is 18.8. The summed E-state index contributed by atoms with van der Waals surface area (Å²) in [5, 5.41) is 13.4. The van der Waals surface area contributed by atoms with Crippen LogP contribution in [-0.2, 0) is 27.3 Å². The molecule has 0 aliphatic carbocycles. The minimum Gasteiger partial charge on any atom is -0.376 e. The lowest BCUT2D eigenvalue weighted by atomic mass is 10.0. The molecule has 1 aliphatic rings. The molecule has 2 amide bonds. The van der Waals surface area contributed by atoms with E-state index in [0.717, 1.165) is 46.5 Å². The molecule has 9 heteroatoms. The van der Waals surface area contributed by atoms with E-state index in [1.807, 2.05) is 53.9 Å². The predicted molar refractivity (Wildman–Crippen MR) is 143 cm³/mol. The van der Waals surface area contributed by atoms with Gasteiger partial charge in [-0.15, -0.1) is 16.4 Å². The summed E-state index contributed by atoms with van der Waals surface area (Å²) in [4.78, 5) is 30.1. The third kappa shape index (κ3) is 5.89. The number of ether oxygens (including phenoxy) is 1. The summed E-state index contributed by atoms with van der Waals surface area (Å²) in [6.07, 6.45) is 2.59. The second-order valence-electron chi connectivity index (χ2n) is 9.30. The molecule has 1 fully saturated rings. The SMILES string of the molecule is Cc1ccccc1CCN(C(=O)Cn1nnc2ccccc21)[C@@H](C(=O)NC[C@@H]1CCCO1)c1cccs1. The molecule has 4 aromatic rings. The van der Waals surface area contributed by atoms with Crippen molar-refractivity contribution >= 4 is 34.2 Å². The Balaban J connectivity index is 1.43. The number of aryl methyl sites for hydroxylation is 1. The first-order valence-electron chi connectivity index (χ1n) is 12.6. The second kappa shape index (κ2) is 11.7. The predicted octanol–water partition coefficient (Wildman–Crippen LogP) is 3.91. The molecule has 0 spiro atoms. The van der Waals surface area contributed by atoms with E-state index in [-0.39, 0.29) is 24.5 Å². The van der Waals surface area contributed by atoms with Crippen molar-refractivity contribution in [3.63, 3.8) is 0 Å². The van der Waals surface area contributed by atoms with Crippen molar-refractivity contribution in [1.29, 1.82) is 0 Å². The van der Waals surface area contributed by atoms with E-state index in [0.29, 0.717) is 19.5 Å². The molecule has 2 aromatic carbocycles. The van der Waals surface area contributed by atoms with E-state index >= 15 is 0 Å². The molecule has 8 nitrogen and oxygen atoms in total. The van der Waals surface area contributed by atoms with Crippen LogP contribution in [-0.4, -0.2) is 57.5 Å². The third-order valence-corrected chi connectivity index (χ3v) is 7.73. The number of aromatic nitrogens is 3.